The molecule has 8 aromatic rings. The lowest BCUT2D eigenvalue weighted by molar-refractivity contribution is 0.669. The molecule has 0 saturated heterocycles. The molecular weight excluding hydrogens is 524 g/mol. The van der Waals surface area contributed by atoms with Crippen molar-refractivity contribution < 1.29 is 4.42 Å². The van der Waals surface area contributed by atoms with Crippen LogP contribution in [0.25, 0.3) is 32.7 Å². The smallest absolute Gasteiger partial charge is 0.161 e. The van der Waals surface area contributed by atoms with Crippen molar-refractivity contribution in [1.29, 1.82) is 0 Å². The van der Waals surface area contributed by atoms with Gasteiger partial charge in [0.05, 0.1) is 16.8 Å². The molecule has 0 aliphatic rings. The number of anilines is 6. The molecular formula is C40H28N2O. The first kappa shape index (κ1) is 25.0. The van der Waals surface area contributed by atoms with Crippen molar-refractivity contribution in [3.05, 3.63) is 170 Å². The molecule has 8 rings (SSSR count). The highest BCUT2D eigenvalue weighted by Gasteiger charge is 2.25. The van der Waals surface area contributed by atoms with Gasteiger partial charge >= 0.3 is 0 Å². The lowest BCUT2D eigenvalue weighted by Crippen LogP contribution is -2.12. The van der Waals surface area contributed by atoms with E-state index in [2.05, 4.69) is 180 Å². The molecule has 0 N–H and O–H groups in total. The van der Waals surface area contributed by atoms with E-state index in [9.17, 15) is 0 Å². The average molecular weight is 553 g/mol. The predicted octanol–water partition coefficient (Wildman–Crippen LogP) is 11.7. The standard InChI is InChI=1S/C40H28N2O/c1-5-16-30(17-6-1)41(31-18-7-2-8-19-31)35-26-27-36(42(32-20-9-3-10-21-32)33-22-11-4-12-23-33)40-39(35)38-34-24-14-13-15-29(34)25-28-37(38)43-40/h1-28H. The van der Waals surface area contributed by atoms with Crippen LogP contribution in [0.15, 0.2) is 174 Å². The van der Waals surface area contributed by atoms with E-state index < -0.39 is 0 Å². The summed E-state index contributed by atoms with van der Waals surface area (Å²) in [6.45, 7) is 0. The van der Waals surface area contributed by atoms with Gasteiger partial charge in [0, 0.05) is 28.1 Å². The second-order valence-corrected chi connectivity index (χ2v) is 10.6. The highest BCUT2D eigenvalue weighted by molar-refractivity contribution is 6.25. The Morgan fingerprint density at radius 3 is 1.33 bits per heavy atom. The Kier molecular flexibility index (Phi) is 6.12. The van der Waals surface area contributed by atoms with E-state index in [1.165, 1.54) is 10.8 Å². The largest absolute Gasteiger partial charge is 0.454 e. The first-order chi connectivity index (χ1) is 21.4. The molecule has 0 atom stereocenters. The van der Waals surface area contributed by atoms with Crippen LogP contribution in [0, 0.1) is 0 Å². The van der Waals surface area contributed by atoms with Gasteiger partial charge in [0.2, 0.25) is 0 Å². The molecule has 0 fully saturated rings. The summed E-state index contributed by atoms with van der Waals surface area (Å²) in [6, 6.07) is 59.4. The number of benzene rings is 7. The van der Waals surface area contributed by atoms with Crippen molar-refractivity contribution in [3.8, 4) is 0 Å². The van der Waals surface area contributed by atoms with Crippen molar-refractivity contribution in [2.45, 2.75) is 0 Å². The zero-order valence-electron chi connectivity index (χ0n) is 23.5. The zero-order valence-corrected chi connectivity index (χ0v) is 23.5. The molecule has 0 saturated carbocycles. The van der Waals surface area contributed by atoms with Crippen LogP contribution in [0.5, 0.6) is 0 Å². The molecule has 3 nitrogen and oxygen atoms in total. The Morgan fingerprint density at radius 1 is 0.349 bits per heavy atom. The molecule has 1 heterocycles. The highest BCUT2D eigenvalue weighted by Crippen LogP contribution is 2.49. The number of nitrogens with zero attached hydrogens (tertiary/aromatic N) is 2. The SMILES string of the molecule is c1ccc(N(c2ccccc2)c2ccc(N(c3ccccc3)c3ccccc3)c3c2oc2ccc4ccccc4c23)cc1. The van der Waals surface area contributed by atoms with E-state index in [-0.39, 0.29) is 0 Å². The van der Waals surface area contributed by atoms with Crippen molar-refractivity contribution in [2.75, 3.05) is 9.80 Å². The summed E-state index contributed by atoms with van der Waals surface area (Å²) in [4.78, 5) is 4.62. The quantitative estimate of drug-likeness (QED) is 0.205. The monoisotopic (exact) mass is 552 g/mol. The fraction of sp³-hybridized carbons (Fsp3) is 0. The molecule has 0 aliphatic heterocycles. The summed E-state index contributed by atoms with van der Waals surface area (Å²) in [5.74, 6) is 0. The minimum Gasteiger partial charge on any atom is -0.454 e. The summed E-state index contributed by atoms with van der Waals surface area (Å²) in [6.07, 6.45) is 0. The van der Waals surface area contributed by atoms with Gasteiger partial charge in [-0.05, 0) is 77.5 Å². The fourth-order valence-corrected chi connectivity index (χ4v) is 6.14. The minimum absolute atomic E-state index is 0.841. The van der Waals surface area contributed by atoms with E-state index in [1.54, 1.807) is 0 Å². The van der Waals surface area contributed by atoms with Gasteiger partial charge in [-0.2, -0.15) is 0 Å². The normalized spacial score (nSPS) is 11.3. The third-order valence-electron chi connectivity index (χ3n) is 8.01. The van der Waals surface area contributed by atoms with Gasteiger partial charge in [-0.25, -0.2) is 0 Å². The summed E-state index contributed by atoms with van der Waals surface area (Å²) >= 11 is 0. The van der Waals surface area contributed by atoms with Crippen LogP contribution in [-0.4, -0.2) is 0 Å². The lowest BCUT2D eigenvalue weighted by Gasteiger charge is -2.29. The molecule has 0 spiro atoms. The highest BCUT2D eigenvalue weighted by atomic mass is 16.3. The number of para-hydroxylation sites is 4. The molecule has 43 heavy (non-hydrogen) atoms. The second kappa shape index (κ2) is 10.6. The molecule has 3 heteroatoms. The summed E-state index contributed by atoms with van der Waals surface area (Å²) in [7, 11) is 0. The molecule has 1 aromatic heterocycles. The van der Waals surface area contributed by atoms with Gasteiger partial charge in [-0.15, -0.1) is 0 Å². The Hall–Kier alpha value is -5.80. The van der Waals surface area contributed by atoms with Gasteiger partial charge in [-0.1, -0.05) is 103 Å². The first-order valence-corrected chi connectivity index (χ1v) is 14.5. The first-order valence-electron chi connectivity index (χ1n) is 14.5. The maximum atomic E-state index is 6.91. The van der Waals surface area contributed by atoms with E-state index >= 15 is 0 Å². The third-order valence-corrected chi connectivity index (χ3v) is 8.01. The zero-order chi connectivity index (χ0) is 28.6. The van der Waals surface area contributed by atoms with Crippen LogP contribution in [0.1, 0.15) is 0 Å². The van der Waals surface area contributed by atoms with Gasteiger partial charge in [0.25, 0.3) is 0 Å². The molecule has 0 bridgehead atoms. The van der Waals surface area contributed by atoms with Gasteiger partial charge in [-0.3, -0.25) is 0 Å². The molecule has 0 unspecified atom stereocenters. The molecule has 0 radical (unpaired) electrons. The van der Waals surface area contributed by atoms with Gasteiger partial charge in [0.1, 0.15) is 5.58 Å². The van der Waals surface area contributed by atoms with Crippen LogP contribution in [0.2, 0.25) is 0 Å². The van der Waals surface area contributed by atoms with E-state index in [0.29, 0.717) is 0 Å². The summed E-state index contributed by atoms with van der Waals surface area (Å²) in [5.41, 5.74) is 8.05. The summed E-state index contributed by atoms with van der Waals surface area (Å²) in [5, 5.41) is 4.55. The molecule has 0 aliphatic carbocycles. The Labute approximate surface area is 250 Å². The van der Waals surface area contributed by atoms with Crippen LogP contribution in [0.4, 0.5) is 34.1 Å². The molecule has 204 valence electrons. The Morgan fingerprint density at radius 2 is 0.791 bits per heavy atom. The topological polar surface area (TPSA) is 19.6 Å². The Bertz CT molecular complexity index is 2090. The number of fused-ring (bicyclic) bond motifs is 5. The van der Waals surface area contributed by atoms with Gasteiger partial charge in [0.15, 0.2) is 5.58 Å². The average Bonchev–Trinajstić information content (AvgIpc) is 3.49. The number of hydrogen-bond donors (Lipinski definition) is 0. The van der Waals surface area contributed by atoms with Crippen molar-refractivity contribution in [3.63, 3.8) is 0 Å². The van der Waals surface area contributed by atoms with Gasteiger partial charge < -0.3 is 14.2 Å². The van der Waals surface area contributed by atoms with Crippen LogP contribution >= 0.6 is 0 Å². The second-order valence-electron chi connectivity index (χ2n) is 10.6. The van der Waals surface area contributed by atoms with Crippen molar-refractivity contribution >= 4 is 66.8 Å². The Balaban J connectivity index is 1.51. The number of furan rings is 1. The van der Waals surface area contributed by atoms with Crippen LogP contribution in [0.3, 0.4) is 0 Å². The number of rotatable bonds is 6. The maximum absolute atomic E-state index is 6.91. The van der Waals surface area contributed by atoms with Crippen molar-refractivity contribution in [1.82, 2.24) is 0 Å². The number of hydrogen-bond acceptors (Lipinski definition) is 3. The van der Waals surface area contributed by atoms with Crippen LogP contribution in [-0.2, 0) is 0 Å². The predicted molar refractivity (Wildman–Crippen MR) is 181 cm³/mol. The molecule has 0 amide bonds. The van der Waals surface area contributed by atoms with Crippen molar-refractivity contribution in [2.24, 2.45) is 0 Å². The summed E-state index contributed by atoms with van der Waals surface area (Å²) < 4.78 is 6.91. The van der Waals surface area contributed by atoms with E-state index in [1.807, 2.05) is 0 Å². The third kappa shape index (κ3) is 4.30. The maximum Gasteiger partial charge on any atom is 0.161 e. The van der Waals surface area contributed by atoms with Crippen LogP contribution < -0.4 is 9.80 Å². The van der Waals surface area contributed by atoms with E-state index in [0.717, 1.165) is 56.1 Å². The lowest BCUT2D eigenvalue weighted by atomic mass is 10.0. The molecule has 7 aromatic carbocycles. The fourth-order valence-electron chi connectivity index (χ4n) is 6.14. The van der Waals surface area contributed by atoms with E-state index in [4.69, 9.17) is 4.42 Å². The minimum atomic E-state index is 0.841.